The maximum absolute atomic E-state index is 12.4. The molecule has 0 spiro atoms. The Bertz CT molecular complexity index is 812. The van der Waals surface area contributed by atoms with E-state index in [9.17, 15) is 9.90 Å². The summed E-state index contributed by atoms with van der Waals surface area (Å²) in [6.07, 6.45) is 0. The topological polar surface area (TPSA) is 83.8 Å². The van der Waals surface area contributed by atoms with Gasteiger partial charge in [-0.25, -0.2) is 9.78 Å². The summed E-state index contributed by atoms with van der Waals surface area (Å²) in [5.41, 5.74) is 4.25. The number of carbonyl (C=O) groups is 1. The molecule has 0 aliphatic carbocycles. The fraction of sp³-hybridized carbons (Fsp3) is 0.235. The minimum atomic E-state index is -0.561. The Kier molecular flexibility index (Phi) is 4.61. The maximum Gasteiger partial charge on any atom is 0.338 e. The number of phenols is 1. The maximum atomic E-state index is 12.4. The van der Waals surface area contributed by atoms with Gasteiger partial charge in [0.05, 0.1) is 17.7 Å². The summed E-state index contributed by atoms with van der Waals surface area (Å²) in [4.78, 5) is 21.3. The van der Waals surface area contributed by atoms with Crippen molar-refractivity contribution in [3.05, 3.63) is 57.7 Å². The van der Waals surface area contributed by atoms with Crippen LogP contribution in [0.4, 0.5) is 0 Å². The van der Waals surface area contributed by atoms with Crippen LogP contribution in [0.1, 0.15) is 31.1 Å². The van der Waals surface area contributed by atoms with Crippen molar-refractivity contribution in [1.82, 2.24) is 10.3 Å². The van der Waals surface area contributed by atoms with E-state index in [2.05, 4.69) is 15.3 Å². The Hall–Kier alpha value is -2.67. The number of aromatic hydroxyl groups is 1. The zero-order chi connectivity index (χ0) is 17.1. The van der Waals surface area contributed by atoms with Crippen LogP contribution in [0, 0.1) is 0 Å². The third-order valence-corrected chi connectivity index (χ3v) is 4.18. The lowest BCUT2D eigenvalue weighted by molar-refractivity contribution is -0.138. The lowest BCUT2D eigenvalue weighted by atomic mass is 9.95. The van der Waals surface area contributed by atoms with Gasteiger partial charge in [-0.2, -0.15) is 0 Å². The molecule has 0 fully saturated rings. The van der Waals surface area contributed by atoms with Crippen molar-refractivity contribution in [3.8, 4) is 5.75 Å². The highest BCUT2D eigenvalue weighted by atomic mass is 32.1. The monoisotopic (exact) mass is 343 g/mol. The molecular formula is C17H17N3O3S. The van der Waals surface area contributed by atoms with Crippen LogP contribution in [0.5, 0.6) is 5.75 Å². The minimum Gasteiger partial charge on any atom is -0.508 e. The normalized spacial score (nSPS) is 17.2. The number of esters is 1. The molecule has 0 unspecified atom stereocenters. The number of hydrogen-bond donors (Lipinski definition) is 2. The average molecular weight is 343 g/mol. The molecule has 0 bridgehead atoms. The molecule has 2 N–H and O–H groups in total. The summed E-state index contributed by atoms with van der Waals surface area (Å²) in [5.74, 6) is 0.296. The van der Waals surface area contributed by atoms with Crippen LogP contribution < -0.4 is 5.32 Å². The molecule has 7 heteroatoms. The molecule has 124 valence electrons. The highest BCUT2D eigenvalue weighted by Gasteiger charge is 2.31. The lowest BCUT2D eigenvalue weighted by Gasteiger charge is -2.25. The Labute approximate surface area is 143 Å². The van der Waals surface area contributed by atoms with E-state index in [-0.39, 0.29) is 12.4 Å². The van der Waals surface area contributed by atoms with E-state index in [0.29, 0.717) is 28.4 Å². The predicted molar refractivity (Wildman–Crippen MR) is 92.0 cm³/mol. The molecule has 2 heterocycles. The highest BCUT2D eigenvalue weighted by Crippen LogP contribution is 2.33. The van der Waals surface area contributed by atoms with Gasteiger partial charge in [0.1, 0.15) is 17.5 Å². The van der Waals surface area contributed by atoms with Gasteiger partial charge in [-0.1, -0.05) is 12.1 Å². The van der Waals surface area contributed by atoms with Crippen LogP contribution in [0.3, 0.4) is 0 Å². The Morgan fingerprint density at radius 1 is 1.46 bits per heavy atom. The minimum absolute atomic E-state index is 0.123. The second-order valence-electron chi connectivity index (χ2n) is 5.23. The Balaban J connectivity index is 2.08. The second kappa shape index (κ2) is 6.84. The molecule has 0 radical (unpaired) electrons. The van der Waals surface area contributed by atoms with E-state index in [0.717, 1.165) is 0 Å². The molecule has 1 aliphatic heterocycles. The molecule has 1 aromatic carbocycles. The van der Waals surface area contributed by atoms with Crippen LogP contribution >= 0.6 is 11.3 Å². The fourth-order valence-electron chi connectivity index (χ4n) is 2.55. The molecular weight excluding hydrogens is 326 g/mol. The number of aromatic nitrogens is 1. The number of phenolic OH excluding ortho intramolecular Hbond substituents is 1. The van der Waals surface area contributed by atoms with Gasteiger partial charge in [0.25, 0.3) is 0 Å². The van der Waals surface area contributed by atoms with Gasteiger partial charge >= 0.3 is 5.97 Å². The molecule has 0 saturated heterocycles. The number of thiazole rings is 1. The average Bonchev–Trinajstić information content (AvgIpc) is 3.08. The largest absolute Gasteiger partial charge is 0.508 e. The number of benzene rings is 1. The highest BCUT2D eigenvalue weighted by molar-refractivity contribution is 7.07. The quantitative estimate of drug-likeness (QED) is 0.834. The number of rotatable bonds is 4. The predicted octanol–water partition coefficient (Wildman–Crippen LogP) is 2.78. The summed E-state index contributed by atoms with van der Waals surface area (Å²) in [7, 11) is 0. The van der Waals surface area contributed by atoms with Gasteiger partial charge in [-0.3, -0.25) is 4.99 Å². The molecule has 6 nitrogen and oxygen atoms in total. The van der Waals surface area contributed by atoms with Crippen LogP contribution in [0.2, 0.25) is 0 Å². The van der Waals surface area contributed by atoms with Crippen LogP contribution in [-0.2, 0) is 9.53 Å². The Morgan fingerprint density at radius 3 is 2.96 bits per heavy atom. The third-order valence-electron chi connectivity index (χ3n) is 3.60. The van der Waals surface area contributed by atoms with Crippen molar-refractivity contribution < 1.29 is 14.6 Å². The van der Waals surface area contributed by atoms with Gasteiger partial charge in [0.15, 0.2) is 5.84 Å². The first-order valence-electron chi connectivity index (χ1n) is 7.50. The van der Waals surface area contributed by atoms with Gasteiger partial charge in [0, 0.05) is 11.1 Å². The molecule has 3 rings (SSSR count). The van der Waals surface area contributed by atoms with Crippen molar-refractivity contribution in [2.24, 2.45) is 4.99 Å². The summed E-state index contributed by atoms with van der Waals surface area (Å²) in [6, 6.07) is 6.17. The van der Waals surface area contributed by atoms with E-state index < -0.39 is 12.0 Å². The molecule has 1 aliphatic rings. The summed E-state index contributed by atoms with van der Waals surface area (Å²) >= 11 is 1.47. The van der Waals surface area contributed by atoms with Gasteiger partial charge < -0.3 is 15.2 Å². The number of carbonyl (C=O) groups excluding carboxylic acids is 1. The zero-order valence-corrected chi connectivity index (χ0v) is 14.1. The van der Waals surface area contributed by atoms with E-state index >= 15 is 0 Å². The number of nitrogens with zero attached hydrogens (tertiary/aromatic N) is 2. The van der Waals surface area contributed by atoms with E-state index in [1.165, 1.54) is 11.3 Å². The van der Waals surface area contributed by atoms with E-state index in [4.69, 9.17) is 4.74 Å². The van der Waals surface area contributed by atoms with Crippen molar-refractivity contribution >= 4 is 23.1 Å². The van der Waals surface area contributed by atoms with Crippen molar-refractivity contribution in [3.63, 3.8) is 0 Å². The molecule has 1 atom stereocenters. The standard InChI is InChI=1S/C17H17N3O3S/c1-3-23-17(22)14-10(2)19-16(13-8-24-9-18-13)20-15(14)11-5-4-6-12(21)7-11/h4-9,15,21H,3H2,1-2H3,(H,19,20)/t15-/m1/s1. The summed E-state index contributed by atoms with van der Waals surface area (Å²) in [5, 5.41) is 14.8. The number of aliphatic imine (C=N–C) groups is 1. The van der Waals surface area contributed by atoms with Crippen LogP contribution in [-0.4, -0.2) is 28.5 Å². The van der Waals surface area contributed by atoms with E-state index in [1.54, 1.807) is 30.6 Å². The summed E-state index contributed by atoms with van der Waals surface area (Å²) < 4.78 is 5.18. The number of nitrogens with one attached hydrogen (secondary N) is 1. The SMILES string of the molecule is CCOC(=O)C1=C(C)NC(c2cscn2)=N[C@@H]1c1cccc(O)c1. The fourth-order valence-corrected chi connectivity index (χ4v) is 3.08. The van der Waals surface area contributed by atoms with Crippen LogP contribution in [0.25, 0.3) is 0 Å². The number of allylic oxidation sites excluding steroid dienone is 1. The Morgan fingerprint density at radius 2 is 2.29 bits per heavy atom. The van der Waals surface area contributed by atoms with E-state index in [1.807, 2.05) is 18.4 Å². The van der Waals surface area contributed by atoms with Crippen LogP contribution in [0.15, 0.2) is 51.4 Å². The molecule has 2 aromatic rings. The molecule has 0 saturated carbocycles. The van der Waals surface area contributed by atoms with Crippen molar-refractivity contribution in [2.75, 3.05) is 6.61 Å². The number of hydrogen-bond acceptors (Lipinski definition) is 7. The van der Waals surface area contributed by atoms with Crippen molar-refractivity contribution in [2.45, 2.75) is 19.9 Å². The lowest BCUT2D eigenvalue weighted by Crippen LogP contribution is -2.33. The smallest absolute Gasteiger partial charge is 0.338 e. The first-order chi connectivity index (χ1) is 11.6. The summed E-state index contributed by atoms with van der Waals surface area (Å²) in [6.45, 7) is 3.85. The van der Waals surface area contributed by atoms with Gasteiger partial charge in [-0.05, 0) is 31.5 Å². The number of ether oxygens (including phenoxy) is 1. The zero-order valence-electron chi connectivity index (χ0n) is 13.3. The second-order valence-corrected chi connectivity index (χ2v) is 5.95. The molecule has 24 heavy (non-hydrogen) atoms. The van der Waals surface area contributed by atoms with Gasteiger partial charge in [0.2, 0.25) is 0 Å². The van der Waals surface area contributed by atoms with Crippen molar-refractivity contribution in [1.29, 1.82) is 0 Å². The third kappa shape index (κ3) is 3.16. The molecule has 0 amide bonds. The molecule has 1 aromatic heterocycles. The number of amidine groups is 1. The van der Waals surface area contributed by atoms with Gasteiger partial charge in [-0.15, -0.1) is 11.3 Å². The first-order valence-corrected chi connectivity index (χ1v) is 8.44. The first kappa shape index (κ1) is 16.2.